The summed E-state index contributed by atoms with van der Waals surface area (Å²) in [5.41, 5.74) is 1.25. The molecule has 3 rings (SSSR count). The molecule has 0 aliphatic rings. The highest BCUT2D eigenvalue weighted by atomic mass is 16.5. The van der Waals surface area contributed by atoms with E-state index in [1.807, 2.05) is 60.7 Å². The summed E-state index contributed by atoms with van der Waals surface area (Å²) < 4.78 is 11.1. The maximum absolute atomic E-state index is 12.7. The fraction of sp³-hybridized carbons (Fsp3) is 0.154. The second-order valence-electron chi connectivity index (χ2n) is 6.90. The zero-order chi connectivity index (χ0) is 22.1. The molecule has 5 heteroatoms. The third-order valence-corrected chi connectivity index (χ3v) is 4.47. The van der Waals surface area contributed by atoms with E-state index in [2.05, 4.69) is 11.2 Å². The van der Waals surface area contributed by atoms with E-state index in [4.69, 9.17) is 15.9 Å². The number of esters is 1. The molecule has 0 heterocycles. The molecule has 5 nitrogen and oxygen atoms in total. The zero-order valence-corrected chi connectivity index (χ0v) is 17.2. The molecular weight excluding hydrogens is 390 g/mol. The van der Waals surface area contributed by atoms with Crippen LogP contribution in [0.2, 0.25) is 0 Å². The molecule has 0 saturated heterocycles. The van der Waals surface area contributed by atoms with Crippen LogP contribution < -0.4 is 10.1 Å². The molecule has 2 atom stereocenters. The Hall–Kier alpha value is -4.04. The Bertz CT molecular complexity index is 1060. The summed E-state index contributed by atoms with van der Waals surface area (Å²) in [4.78, 5) is 25.3. The molecular formula is C26H23NO4. The van der Waals surface area contributed by atoms with Crippen LogP contribution in [-0.2, 0) is 16.0 Å². The standard InChI is InChI=1S/C26H23NO4/c1-3-19(2)30-26(29)24(27-25(28)21-12-6-4-7-13-21)18-20-11-10-16-23(17-20)31-22-14-8-5-9-15-22/h1,4-17,19,24H,18H2,2H3,(H,27,28). The molecule has 3 aromatic rings. The fourth-order valence-electron chi connectivity index (χ4n) is 2.91. The van der Waals surface area contributed by atoms with Crippen LogP contribution >= 0.6 is 0 Å². The minimum Gasteiger partial charge on any atom is -0.457 e. The molecule has 156 valence electrons. The van der Waals surface area contributed by atoms with Crippen LogP contribution in [0.3, 0.4) is 0 Å². The first-order valence-corrected chi connectivity index (χ1v) is 9.89. The Morgan fingerprint density at radius 1 is 0.935 bits per heavy atom. The fourth-order valence-corrected chi connectivity index (χ4v) is 2.91. The maximum atomic E-state index is 12.7. The van der Waals surface area contributed by atoms with Crippen LogP contribution in [0.15, 0.2) is 84.9 Å². The number of rotatable bonds is 8. The minimum atomic E-state index is -0.907. The number of carbonyl (C=O) groups is 2. The van der Waals surface area contributed by atoms with Gasteiger partial charge in [-0.25, -0.2) is 4.79 Å². The van der Waals surface area contributed by atoms with Crippen LogP contribution in [0.5, 0.6) is 11.5 Å². The Morgan fingerprint density at radius 2 is 1.58 bits per heavy atom. The molecule has 1 N–H and O–H groups in total. The van der Waals surface area contributed by atoms with Crippen LogP contribution in [0.25, 0.3) is 0 Å². The smallest absolute Gasteiger partial charge is 0.330 e. The van der Waals surface area contributed by atoms with Crippen LogP contribution in [0.1, 0.15) is 22.8 Å². The van der Waals surface area contributed by atoms with Gasteiger partial charge in [-0.15, -0.1) is 6.42 Å². The Kier molecular flexibility index (Phi) is 7.45. The van der Waals surface area contributed by atoms with Gasteiger partial charge in [-0.3, -0.25) is 4.79 Å². The van der Waals surface area contributed by atoms with Crippen LogP contribution in [-0.4, -0.2) is 24.0 Å². The van der Waals surface area contributed by atoms with Gasteiger partial charge in [0.05, 0.1) is 0 Å². The van der Waals surface area contributed by atoms with Crippen LogP contribution in [0, 0.1) is 12.3 Å². The van der Waals surface area contributed by atoms with E-state index < -0.39 is 18.1 Å². The second kappa shape index (κ2) is 10.7. The van der Waals surface area contributed by atoms with Crippen molar-refractivity contribution in [1.82, 2.24) is 5.32 Å². The minimum absolute atomic E-state index is 0.223. The summed E-state index contributed by atoms with van der Waals surface area (Å²) in [6.07, 6.45) is 4.85. The SMILES string of the molecule is C#CC(C)OC(=O)C(Cc1cccc(Oc2ccccc2)c1)NC(=O)c1ccccc1. The average Bonchev–Trinajstić information content (AvgIpc) is 2.80. The lowest BCUT2D eigenvalue weighted by Gasteiger charge is -2.19. The monoisotopic (exact) mass is 413 g/mol. The average molecular weight is 413 g/mol. The summed E-state index contributed by atoms with van der Waals surface area (Å²) in [7, 11) is 0. The number of para-hydroxylation sites is 1. The van der Waals surface area contributed by atoms with Crippen molar-refractivity contribution in [3.8, 4) is 23.8 Å². The van der Waals surface area contributed by atoms with Crippen LogP contribution in [0.4, 0.5) is 0 Å². The largest absolute Gasteiger partial charge is 0.457 e. The van der Waals surface area contributed by atoms with Gasteiger partial charge in [0.15, 0.2) is 6.10 Å². The molecule has 0 aromatic heterocycles. The van der Waals surface area contributed by atoms with E-state index in [-0.39, 0.29) is 12.3 Å². The molecule has 0 saturated carbocycles. The summed E-state index contributed by atoms with van der Waals surface area (Å²) in [5, 5.41) is 2.76. The summed E-state index contributed by atoms with van der Waals surface area (Å²) in [6, 6.07) is 24.5. The van der Waals surface area contributed by atoms with Gasteiger partial charge in [-0.1, -0.05) is 54.5 Å². The third kappa shape index (κ3) is 6.48. The van der Waals surface area contributed by atoms with Gasteiger partial charge in [-0.05, 0) is 48.9 Å². The number of carbonyl (C=O) groups excluding carboxylic acids is 2. The van der Waals surface area contributed by atoms with Crippen molar-refractivity contribution >= 4 is 11.9 Å². The number of nitrogens with one attached hydrogen (secondary N) is 1. The quantitative estimate of drug-likeness (QED) is 0.440. The van der Waals surface area contributed by atoms with Crippen molar-refractivity contribution in [3.05, 3.63) is 96.1 Å². The first kappa shape index (κ1) is 21.7. The van der Waals surface area contributed by atoms with E-state index in [1.165, 1.54) is 0 Å². The molecule has 3 aromatic carbocycles. The highest BCUT2D eigenvalue weighted by molar-refractivity contribution is 5.96. The Labute approximate surface area is 182 Å². The molecule has 0 aliphatic heterocycles. The summed E-state index contributed by atoms with van der Waals surface area (Å²) >= 11 is 0. The number of hydrogen-bond donors (Lipinski definition) is 1. The van der Waals surface area contributed by atoms with Gasteiger partial charge in [0.25, 0.3) is 5.91 Å². The van der Waals surface area contributed by atoms with Crippen molar-refractivity contribution in [3.63, 3.8) is 0 Å². The molecule has 31 heavy (non-hydrogen) atoms. The number of hydrogen-bond acceptors (Lipinski definition) is 4. The van der Waals surface area contributed by atoms with Gasteiger partial charge in [-0.2, -0.15) is 0 Å². The zero-order valence-electron chi connectivity index (χ0n) is 17.2. The normalized spacial score (nSPS) is 12.1. The Morgan fingerprint density at radius 3 is 2.26 bits per heavy atom. The molecule has 0 radical (unpaired) electrons. The highest BCUT2D eigenvalue weighted by Gasteiger charge is 2.25. The van der Waals surface area contributed by atoms with Crippen molar-refractivity contribution in [2.75, 3.05) is 0 Å². The van der Waals surface area contributed by atoms with Gasteiger partial charge >= 0.3 is 5.97 Å². The number of ether oxygens (including phenoxy) is 2. The molecule has 0 fully saturated rings. The van der Waals surface area contributed by atoms with Gasteiger partial charge < -0.3 is 14.8 Å². The molecule has 2 unspecified atom stereocenters. The maximum Gasteiger partial charge on any atom is 0.330 e. The van der Waals surface area contributed by atoms with Crippen molar-refractivity contribution in [2.24, 2.45) is 0 Å². The third-order valence-electron chi connectivity index (χ3n) is 4.47. The van der Waals surface area contributed by atoms with E-state index in [9.17, 15) is 9.59 Å². The summed E-state index contributed by atoms with van der Waals surface area (Å²) in [6.45, 7) is 1.60. The molecule has 0 bridgehead atoms. The van der Waals surface area contributed by atoms with Gasteiger partial charge in [0.1, 0.15) is 17.5 Å². The molecule has 0 aliphatic carbocycles. The number of benzene rings is 3. The van der Waals surface area contributed by atoms with Crippen molar-refractivity contribution in [2.45, 2.75) is 25.5 Å². The number of terminal acetylenes is 1. The van der Waals surface area contributed by atoms with E-state index in [0.717, 1.165) is 5.56 Å². The second-order valence-corrected chi connectivity index (χ2v) is 6.90. The highest BCUT2D eigenvalue weighted by Crippen LogP contribution is 2.22. The van der Waals surface area contributed by atoms with E-state index in [1.54, 1.807) is 31.2 Å². The van der Waals surface area contributed by atoms with E-state index >= 15 is 0 Å². The predicted molar refractivity (Wildman–Crippen MR) is 119 cm³/mol. The summed E-state index contributed by atoms with van der Waals surface area (Å²) in [5.74, 6) is 2.73. The number of amides is 1. The van der Waals surface area contributed by atoms with Gasteiger partial charge in [0.2, 0.25) is 0 Å². The lowest BCUT2D eigenvalue weighted by atomic mass is 10.0. The molecule has 0 spiro atoms. The van der Waals surface area contributed by atoms with Gasteiger partial charge in [0, 0.05) is 12.0 Å². The first-order chi connectivity index (χ1) is 15.0. The predicted octanol–water partition coefficient (Wildman–Crippen LogP) is 4.38. The lowest BCUT2D eigenvalue weighted by molar-refractivity contribution is -0.148. The van der Waals surface area contributed by atoms with E-state index in [0.29, 0.717) is 17.1 Å². The molecule has 1 amide bonds. The first-order valence-electron chi connectivity index (χ1n) is 9.89. The Balaban J connectivity index is 1.77. The van der Waals surface area contributed by atoms with Crippen molar-refractivity contribution in [1.29, 1.82) is 0 Å². The topological polar surface area (TPSA) is 64.6 Å². The lowest BCUT2D eigenvalue weighted by Crippen LogP contribution is -2.44. The van der Waals surface area contributed by atoms with Crippen molar-refractivity contribution < 1.29 is 19.1 Å².